The molecule has 0 spiro atoms. The molecule has 4 unspecified atom stereocenters. The zero-order valence-corrected chi connectivity index (χ0v) is 13.0. The molecule has 0 N–H and O–H groups in total. The van der Waals surface area contributed by atoms with Gasteiger partial charge in [-0.1, -0.05) is 12.8 Å². The number of rotatable bonds is 6. The predicted molar refractivity (Wildman–Crippen MR) is 79.9 cm³/mol. The second-order valence-corrected chi connectivity index (χ2v) is 8.33. The summed E-state index contributed by atoms with van der Waals surface area (Å²) in [5, 5.41) is 0.972. The lowest BCUT2D eigenvalue weighted by Gasteiger charge is -2.28. The summed E-state index contributed by atoms with van der Waals surface area (Å²) >= 11 is 3.62. The Kier molecular flexibility index (Phi) is 4.81. The van der Waals surface area contributed by atoms with Crippen LogP contribution in [0.2, 0.25) is 0 Å². The molecule has 112 valence electrons. The summed E-state index contributed by atoms with van der Waals surface area (Å²) in [6, 6.07) is 0. The molecule has 2 heterocycles. The van der Waals surface area contributed by atoms with E-state index < -0.39 is 0 Å². The molecule has 4 nitrogen and oxygen atoms in total. The van der Waals surface area contributed by atoms with E-state index in [1.54, 1.807) is 0 Å². The fraction of sp³-hybridized carbons (Fsp3) is 0.857. The number of ether oxygens (including phenoxy) is 2. The first-order valence-electron chi connectivity index (χ1n) is 7.30. The van der Waals surface area contributed by atoms with Gasteiger partial charge in [-0.05, 0) is 12.8 Å². The van der Waals surface area contributed by atoms with Crippen molar-refractivity contribution in [3.8, 4) is 0 Å². The highest BCUT2D eigenvalue weighted by atomic mass is 32.2. The molecule has 0 radical (unpaired) electrons. The van der Waals surface area contributed by atoms with Gasteiger partial charge in [-0.25, -0.2) is 0 Å². The Morgan fingerprint density at radius 3 is 1.60 bits per heavy atom. The summed E-state index contributed by atoms with van der Waals surface area (Å²) < 4.78 is 10.7. The molecule has 3 fully saturated rings. The van der Waals surface area contributed by atoms with Crippen molar-refractivity contribution in [2.24, 2.45) is 11.8 Å². The predicted octanol–water partition coefficient (Wildman–Crippen LogP) is 2.11. The van der Waals surface area contributed by atoms with Gasteiger partial charge in [0.05, 0.1) is 11.8 Å². The molecule has 0 aromatic heterocycles. The maximum Gasteiger partial charge on any atom is 0.309 e. The van der Waals surface area contributed by atoms with Crippen LogP contribution in [0.3, 0.4) is 0 Å². The molecule has 0 amide bonds. The van der Waals surface area contributed by atoms with Crippen LogP contribution in [0.15, 0.2) is 0 Å². The Bertz CT molecular complexity index is 343. The van der Waals surface area contributed by atoms with Gasteiger partial charge >= 0.3 is 11.9 Å². The van der Waals surface area contributed by atoms with Crippen LogP contribution in [0.25, 0.3) is 0 Å². The smallest absolute Gasteiger partial charge is 0.309 e. The van der Waals surface area contributed by atoms with Gasteiger partial charge in [0, 0.05) is 22.0 Å². The average molecular weight is 316 g/mol. The topological polar surface area (TPSA) is 52.6 Å². The molecule has 20 heavy (non-hydrogen) atoms. The molecule has 2 aliphatic heterocycles. The summed E-state index contributed by atoms with van der Waals surface area (Å²) in [6.07, 6.45) is 3.52. The van der Waals surface area contributed by atoms with Crippen molar-refractivity contribution in [2.45, 2.75) is 36.2 Å². The Balaban J connectivity index is 1.50. The minimum absolute atomic E-state index is 0.194. The third-order valence-corrected chi connectivity index (χ3v) is 5.88. The number of hydrogen-bond acceptors (Lipinski definition) is 6. The molecule has 3 aliphatic rings. The maximum absolute atomic E-state index is 12.2. The van der Waals surface area contributed by atoms with E-state index in [2.05, 4.69) is 0 Å². The third-order valence-electron chi connectivity index (χ3n) is 4.00. The lowest BCUT2D eigenvalue weighted by atomic mass is 9.79. The highest BCUT2D eigenvalue weighted by Crippen LogP contribution is 2.35. The normalized spacial score (nSPS) is 35.2. The van der Waals surface area contributed by atoms with E-state index in [0.29, 0.717) is 23.7 Å². The molecule has 6 heteroatoms. The molecule has 3 rings (SSSR count). The summed E-state index contributed by atoms with van der Waals surface area (Å²) in [5.74, 6) is 1.21. The minimum Gasteiger partial charge on any atom is -0.464 e. The summed E-state index contributed by atoms with van der Waals surface area (Å²) in [6.45, 7) is 1.00. The van der Waals surface area contributed by atoms with Crippen molar-refractivity contribution in [3.05, 3.63) is 0 Å². The van der Waals surface area contributed by atoms with Crippen LogP contribution >= 0.6 is 23.5 Å². The molecule has 0 aromatic rings. The van der Waals surface area contributed by atoms with Gasteiger partial charge in [0.15, 0.2) is 0 Å². The fourth-order valence-corrected chi connectivity index (χ4v) is 3.38. The second kappa shape index (κ2) is 6.60. The van der Waals surface area contributed by atoms with Crippen LogP contribution in [0.4, 0.5) is 0 Å². The van der Waals surface area contributed by atoms with Gasteiger partial charge in [0.2, 0.25) is 0 Å². The van der Waals surface area contributed by atoms with Crippen molar-refractivity contribution in [2.75, 3.05) is 24.7 Å². The Morgan fingerprint density at radius 2 is 1.25 bits per heavy atom. The van der Waals surface area contributed by atoms with Crippen molar-refractivity contribution in [3.63, 3.8) is 0 Å². The summed E-state index contributed by atoms with van der Waals surface area (Å²) in [7, 11) is 0. The Labute approximate surface area is 127 Å². The number of carbonyl (C=O) groups excluding carboxylic acids is 2. The maximum atomic E-state index is 12.2. The van der Waals surface area contributed by atoms with Gasteiger partial charge in [-0.2, -0.15) is 23.5 Å². The van der Waals surface area contributed by atoms with Gasteiger partial charge in [0.1, 0.15) is 13.2 Å². The molecule has 2 saturated heterocycles. The van der Waals surface area contributed by atoms with E-state index in [-0.39, 0.29) is 23.8 Å². The van der Waals surface area contributed by atoms with E-state index in [9.17, 15) is 9.59 Å². The Morgan fingerprint density at radius 1 is 0.850 bits per heavy atom. The number of thioether (sulfide) groups is 2. The van der Waals surface area contributed by atoms with Gasteiger partial charge in [0.25, 0.3) is 0 Å². The van der Waals surface area contributed by atoms with Crippen LogP contribution in [-0.2, 0) is 19.1 Å². The molecule has 0 aromatic carbocycles. The van der Waals surface area contributed by atoms with E-state index in [1.807, 2.05) is 23.5 Å². The SMILES string of the molecule is O=C(OCC1CS1)C1CCCCC1C(=O)OCC1CS1. The van der Waals surface area contributed by atoms with Crippen molar-refractivity contribution in [1.82, 2.24) is 0 Å². The zero-order valence-electron chi connectivity index (χ0n) is 11.4. The van der Waals surface area contributed by atoms with Crippen LogP contribution in [0.5, 0.6) is 0 Å². The highest BCUT2D eigenvalue weighted by Gasteiger charge is 2.39. The monoisotopic (exact) mass is 316 g/mol. The van der Waals surface area contributed by atoms with Crippen LogP contribution in [0, 0.1) is 11.8 Å². The average Bonchev–Trinajstić information content (AvgIpc) is 3.36. The molecular formula is C14H20O4S2. The van der Waals surface area contributed by atoms with Crippen molar-refractivity contribution in [1.29, 1.82) is 0 Å². The van der Waals surface area contributed by atoms with E-state index in [4.69, 9.17) is 9.47 Å². The van der Waals surface area contributed by atoms with E-state index >= 15 is 0 Å². The first kappa shape index (κ1) is 14.6. The van der Waals surface area contributed by atoms with Crippen molar-refractivity contribution < 1.29 is 19.1 Å². The molecule has 1 aliphatic carbocycles. The number of carbonyl (C=O) groups is 2. The lowest BCUT2D eigenvalue weighted by Crippen LogP contribution is -2.35. The molecule has 1 saturated carbocycles. The fourth-order valence-electron chi connectivity index (χ4n) is 2.59. The van der Waals surface area contributed by atoms with Crippen molar-refractivity contribution >= 4 is 35.5 Å². The summed E-state index contributed by atoms with van der Waals surface area (Å²) in [5.41, 5.74) is 0. The number of hydrogen-bond donors (Lipinski definition) is 0. The van der Waals surface area contributed by atoms with E-state index in [1.165, 1.54) is 0 Å². The van der Waals surface area contributed by atoms with Crippen LogP contribution in [-0.4, -0.2) is 47.2 Å². The minimum atomic E-state index is -0.285. The van der Waals surface area contributed by atoms with Crippen LogP contribution < -0.4 is 0 Å². The first-order valence-corrected chi connectivity index (χ1v) is 9.40. The number of esters is 2. The zero-order chi connectivity index (χ0) is 13.9. The summed E-state index contributed by atoms with van der Waals surface area (Å²) in [4.78, 5) is 24.3. The molecular weight excluding hydrogens is 296 g/mol. The highest BCUT2D eigenvalue weighted by molar-refractivity contribution is 8.07. The second-order valence-electron chi connectivity index (χ2n) is 5.67. The van der Waals surface area contributed by atoms with Gasteiger partial charge in [-0.3, -0.25) is 9.59 Å². The Hall–Kier alpha value is -0.360. The standard InChI is InChI=1S/C14H20O4S2/c15-13(17-5-9-7-19-9)11-3-1-2-4-12(11)14(16)18-6-10-8-20-10/h9-12H,1-8H2. The third kappa shape index (κ3) is 4.07. The largest absolute Gasteiger partial charge is 0.464 e. The quantitative estimate of drug-likeness (QED) is 0.552. The van der Waals surface area contributed by atoms with Crippen LogP contribution in [0.1, 0.15) is 25.7 Å². The lowest BCUT2D eigenvalue weighted by molar-refractivity contribution is -0.162. The van der Waals surface area contributed by atoms with Gasteiger partial charge in [-0.15, -0.1) is 0 Å². The van der Waals surface area contributed by atoms with E-state index in [0.717, 1.165) is 37.2 Å². The first-order chi connectivity index (χ1) is 9.74. The molecule has 0 bridgehead atoms. The van der Waals surface area contributed by atoms with Gasteiger partial charge < -0.3 is 9.47 Å². The molecule has 4 atom stereocenters.